The third kappa shape index (κ3) is 3.69. The summed E-state index contributed by atoms with van der Waals surface area (Å²) in [5.41, 5.74) is 0. The van der Waals surface area contributed by atoms with Crippen molar-refractivity contribution in [2.24, 2.45) is 5.92 Å². The van der Waals surface area contributed by atoms with Gasteiger partial charge in [0.05, 0.1) is 0 Å². The van der Waals surface area contributed by atoms with Gasteiger partial charge in [-0.1, -0.05) is 0 Å². The van der Waals surface area contributed by atoms with Crippen molar-refractivity contribution < 1.29 is 4.79 Å². The molecule has 0 aromatic rings. The molecule has 4 nitrogen and oxygen atoms in total. The van der Waals surface area contributed by atoms with Gasteiger partial charge in [-0.15, -0.1) is 0 Å². The van der Waals surface area contributed by atoms with Gasteiger partial charge in [-0.25, -0.2) is 0 Å². The third-order valence-corrected chi connectivity index (χ3v) is 4.38. The van der Waals surface area contributed by atoms with Crippen molar-refractivity contribution in [3.05, 3.63) is 0 Å². The monoisotopic (exact) mass is 253 g/mol. The van der Waals surface area contributed by atoms with E-state index in [4.69, 9.17) is 0 Å². The lowest BCUT2D eigenvalue weighted by Crippen LogP contribution is -2.46. The summed E-state index contributed by atoms with van der Waals surface area (Å²) in [5.74, 6) is 0.457. The molecule has 1 saturated carbocycles. The fourth-order valence-electron chi connectivity index (χ4n) is 2.75. The Balaban J connectivity index is 1.70. The van der Waals surface area contributed by atoms with E-state index in [1.165, 1.54) is 12.8 Å². The van der Waals surface area contributed by atoms with E-state index in [-0.39, 0.29) is 11.8 Å². The molecule has 3 atom stereocenters. The number of carbonyl (C=O) groups excluding carboxylic acids is 1. The molecule has 1 aliphatic heterocycles. The molecule has 1 aliphatic carbocycles. The molecule has 1 heterocycles. The maximum atomic E-state index is 12.1. The first-order valence-electron chi connectivity index (χ1n) is 7.31. The maximum Gasteiger partial charge on any atom is 0.223 e. The largest absolute Gasteiger partial charge is 0.354 e. The van der Waals surface area contributed by atoms with E-state index in [1.807, 2.05) is 0 Å². The molecule has 2 rings (SSSR count). The molecule has 3 unspecified atom stereocenters. The van der Waals surface area contributed by atoms with Crippen LogP contribution >= 0.6 is 0 Å². The molecule has 0 radical (unpaired) electrons. The number of hydrogen-bond acceptors (Lipinski definition) is 3. The number of carbonyl (C=O) groups is 1. The molecule has 0 aromatic carbocycles. The van der Waals surface area contributed by atoms with Crippen LogP contribution in [-0.2, 0) is 4.79 Å². The van der Waals surface area contributed by atoms with Crippen LogP contribution in [-0.4, -0.2) is 49.1 Å². The molecule has 4 heteroatoms. The highest BCUT2D eigenvalue weighted by Gasteiger charge is 2.30. The Morgan fingerprint density at radius 2 is 2.17 bits per heavy atom. The Morgan fingerprint density at radius 1 is 1.44 bits per heavy atom. The Hall–Kier alpha value is -0.610. The molecule has 1 saturated heterocycles. The van der Waals surface area contributed by atoms with Crippen LogP contribution in [0.15, 0.2) is 0 Å². The summed E-state index contributed by atoms with van der Waals surface area (Å²) < 4.78 is 0. The van der Waals surface area contributed by atoms with E-state index in [0.29, 0.717) is 12.1 Å². The van der Waals surface area contributed by atoms with Crippen LogP contribution in [0.25, 0.3) is 0 Å². The Labute approximate surface area is 110 Å². The summed E-state index contributed by atoms with van der Waals surface area (Å²) in [4.78, 5) is 14.5. The second kappa shape index (κ2) is 6.02. The lowest BCUT2D eigenvalue weighted by atomic mass is 9.92. The van der Waals surface area contributed by atoms with Gasteiger partial charge in [0.1, 0.15) is 0 Å². The summed E-state index contributed by atoms with van der Waals surface area (Å²) in [6, 6.07) is 1.68. The summed E-state index contributed by atoms with van der Waals surface area (Å²) in [6.07, 6.45) is 4.59. The van der Waals surface area contributed by atoms with Crippen molar-refractivity contribution in [3.63, 3.8) is 0 Å². The summed E-state index contributed by atoms with van der Waals surface area (Å²) in [6.45, 7) is 6.10. The van der Waals surface area contributed by atoms with Gasteiger partial charge in [0.15, 0.2) is 0 Å². The van der Waals surface area contributed by atoms with Gasteiger partial charge in [0, 0.05) is 30.6 Å². The normalized spacial score (nSPS) is 30.2. The Kier molecular flexibility index (Phi) is 4.62. The minimum absolute atomic E-state index is 0.208. The molecule has 2 fully saturated rings. The minimum atomic E-state index is 0.208. The van der Waals surface area contributed by atoms with Gasteiger partial charge >= 0.3 is 0 Å². The van der Waals surface area contributed by atoms with Gasteiger partial charge in [-0.05, 0) is 53.1 Å². The van der Waals surface area contributed by atoms with Gasteiger partial charge in [-0.3, -0.25) is 9.69 Å². The first-order valence-corrected chi connectivity index (χ1v) is 7.31. The number of hydrogen-bond donors (Lipinski definition) is 2. The predicted octanol–water partition coefficient (Wildman–Crippen LogP) is 0.973. The van der Waals surface area contributed by atoms with Crippen LogP contribution < -0.4 is 10.6 Å². The average molecular weight is 253 g/mol. The standard InChI is InChI=1S/C14H27N3O/c1-10-8-12(6-7-15-10)14(18)16-9-11(2)17(3)13-4-5-13/h10-13,15H,4-9H2,1-3H3,(H,16,18). The molecule has 2 N–H and O–H groups in total. The van der Waals surface area contributed by atoms with Crippen LogP contribution in [0.5, 0.6) is 0 Å². The fourth-order valence-corrected chi connectivity index (χ4v) is 2.75. The molecule has 0 aromatic heterocycles. The van der Waals surface area contributed by atoms with Crippen molar-refractivity contribution >= 4 is 5.91 Å². The number of likely N-dealkylation sites (N-methyl/N-ethyl adjacent to an activating group) is 1. The topological polar surface area (TPSA) is 44.4 Å². The Morgan fingerprint density at radius 3 is 2.78 bits per heavy atom. The fraction of sp³-hybridized carbons (Fsp3) is 0.929. The maximum absolute atomic E-state index is 12.1. The van der Waals surface area contributed by atoms with E-state index < -0.39 is 0 Å². The van der Waals surface area contributed by atoms with Crippen molar-refractivity contribution in [2.45, 2.75) is 57.7 Å². The smallest absolute Gasteiger partial charge is 0.223 e. The first kappa shape index (κ1) is 13.8. The SMILES string of the molecule is CC1CC(C(=O)NCC(C)N(C)C2CC2)CCN1. The average Bonchev–Trinajstić information content (AvgIpc) is 3.18. The zero-order valence-corrected chi connectivity index (χ0v) is 11.9. The van der Waals surface area contributed by atoms with Gasteiger partial charge in [0.2, 0.25) is 5.91 Å². The molecule has 0 spiro atoms. The lowest BCUT2D eigenvalue weighted by Gasteiger charge is -2.29. The van der Waals surface area contributed by atoms with E-state index >= 15 is 0 Å². The van der Waals surface area contributed by atoms with Crippen LogP contribution in [0.4, 0.5) is 0 Å². The van der Waals surface area contributed by atoms with E-state index in [9.17, 15) is 4.79 Å². The number of nitrogens with one attached hydrogen (secondary N) is 2. The van der Waals surface area contributed by atoms with Crippen LogP contribution in [0.1, 0.15) is 39.5 Å². The van der Waals surface area contributed by atoms with Crippen LogP contribution in [0.3, 0.4) is 0 Å². The van der Waals surface area contributed by atoms with Gasteiger partial charge in [-0.2, -0.15) is 0 Å². The van der Waals surface area contributed by atoms with Crippen molar-refractivity contribution in [2.75, 3.05) is 20.1 Å². The predicted molar refractivity (Wildman–Crippen MR) is 73.4 cm³/mol. The van der Waals surface area contributed by atoms with E-state index in [2.05, 4.69) is 36.4 Å². The third-order valence-electron chi connectivity index (χ3n) is 4.38. The van der Waals surface area contributed by atoms with E-state index in [0.717, 1.165) is 32.0 Å². The van der Waals surface area contributed by atoms with Crippen molar-refractivity contribution in [1.29, 1.82) is 0 Å². The molecular formula is C14H27N3O. The van der Waals surface area contributed by atoms with Gasteiger partial charge < -0.3 is 10.6 Å². The highest BCUT2D eigenvalue weighted by atomic mass is 16.1. The second-order valence-corrected chi connectivity index (χ2v) is 6.07. The van der Waals surface area contributed by atoms with Crippen LogP contribution in [0.2, 0.25) is 0 Å². The summed E-state index contributed by atoms with van der Waals surface area (Å²) >= 11 is 0. The first-order chi connectivity index (χ1) is 8.58. The zero-order chi connectivity index (χ0) is 13.1. The number of rotatable bonds is 5. The summed E-state index contributed by atoms with van der Waals surface area (Å²) in [5, 5.41) is 6.51. The Bertz CT molecular complexity index is 291. The number of amides is 1. The van der Waals surface area contributed by atoms with Crippen molar-refractivity contribution in [3.8, 4) is 0 Å². The molecule has 2 aliphatic rings. The molecule has 0 bridgehead atoms. The zero-order valence-electron chi connectivity index (χ0n) is 11.9. The minimum Gasteiger partial charge on any atom is -0.354 e. The molecule has 1 amide bonds. The van der Waals surface area contributed by atoms with Crippen LogP contribution in [0, 0.1) is 5.92 Å². The molecular weight excluding hydrogens is 226 g/mol. The van der Waals surface area contributed by atoms with Gasteiger partial charge in [0.25, 0.3) is 0 Å². The quantitative estimate of drug-likeness (QED) is 0.767. The summed E-state index contributed by atoms with van der Waals surface area (Å²) in [7, 11) is 2.17. The molecule has 104 valence electrons. The number of nitrogens with zero attached hydrogens (tertiary/aromatic N) is 1. The highest BCUT2D eigenvalue weighted by molar-refractivity contribution is 5.78. The lowest BCUT2D eigenvalue weighted by molar-refractivity contribution is -0.126. The highest BCUT2D eigenvalue weighted by Crippen LogP contribution is 2.26. The number of piperidine rings is 1. The van der Waals surface area contributed by atoms with E-state index in [1.54, 1.807) is 0 Å². The molecule has 18 heavy (non-hydrogen) atoms. The van der Waals surface area contributed by atoms with Crippen molar-refractivity contribution in [1.82, 2.24) is 15.5 Å². The second-order valence-electron chi connectivity index (χ2n) is 6.07.